The van der Waals surface area contributed by atoms with Crippen LogP contribution < -0.4 is 24.4 Å². The minimum Gasteiger partial charge on any atom is -0.497 e. The maximum atomic E-state index is 13.1. The number of carbonyl (C=O) groups excluding carboxylic acids is 2. The molecule has 1 aliphatic heterocycles. The predicted molar refractivity (Wildman–Crippen MR) is 128 cm³/mol. The fraction of sp³-hybridized carbons (Fsp3) is 0.292. The molecule has 2 heterocycles. The van der Waals surface area contributed by atoms with E-state index in [4.69, 9.17) is 14.2 Å². The van der Waals surface area contributed by atoms with E-state index in [9.17, 15) is 9.59 Å². The number of aromatic nitrogens is 1. The number of nitrogens with one attached hydrogen (secondary N) is 1. The van der Waals surface area contributed by atoms with Crippen molar-refractivity contribution in [2.24, 2.45) is 0 Å². The minimum absolute atomic E-state index is 0.166. The van der Waals surface area contributed by atoms with Gasteiger partial charge in [-0.05, 0) is 43.7 Å². The first-order valence-electron chi connectivity index (χ1n) is 10.5. The molecule has 1 aromatic heterocycles. The third-order valence-electron chi connectivity index (χ3n) is 5.33. The smallest absolute Gasteiger partial charge is 0.268 e. The fourth-order valence-electron chi connectivity index (χ4n) is 3.64. The van der Waals surface area contributed by atoms with Crippen LogP contribution >= 0.6 is 11.3 Å². The first kappa shape index (κ1) is 22.6. The highest BCUT2D eigenvalue weighted by Crippen LogP contribution is 2.38. The highest BCUT2D eigenvalue weighted by Gasteiger charge is 2.35. The molecule has 1 aliphatic rings. The second-order valence-electron chi connectivity index (χ2n) is 7.49. The summed E-state index contributed by atoms with van der Waals surface area (Å²) in [6.07, 6.45) is -0.149. The van der Waals surface area contributed by atoms with E-state index in [-0.39, 0.29) is 18.4 Å². The van der Waals surface area contributed by atoms with Crippen LogP contribution in [0, 0.1) is 6.92 Å². The Balaban J connectivity index is 1.62. The third kappa shape index (κ3) is 4.63. The van der Waals surface area contributed by atoms with Gasteiger partial charge in [0.15, 0.2) is 6.10 Å². The molecule has 1 unspecified atom stereocenters. The molecule has 0 spiro atoms. The molecule has 33 heavy (non-hydrogen) atoms. The van der Waals surface area contributed by atoms with Gasteiger partial charge in [0.1, 0.15) is 23.8 Å². The number of rotatable bonds is 7. The number of benzene rings is 2. The van der Waals surface area contributed by atoms with Crippen LogP contribution in [-0.2, 0) is 9.59 Å². The van der Waals surface area contributed by atoms with Crippen molar-refractivity contribution in [3.8, 4) is 28.5 Å². The van der Waals surface area contributed by atoms with Crippen LogP contribution in [-0.4, -0.2) is 43.7 Å². The van der Waals surface area contributed by atoms with E-state index in [1.54, 1.807) is 36.6 Å². The van der Waals surface area contributed by atoms with Crippen molar-refractivity contribution in [3.05, 3.63) is 46.8 Å². The molecule has 0 bridgehead atoms. The zero-order chi connectivity index (χ0) is 23.5. The van der Waals surface area contributed by atoms with E-state index in [1.807, 2.05) is 37.4 Å². The van der Waals surface area contributed by atoms with Crippen LogP contribution in [0.4, 0.5) is 11.4 Å². The van der Waals surface area contributed by atoms with Crippen molar-refractivity contribution >= 4 is 34.5 Å². The molecule has 172 valence electrons. The predicted octanol–water partition coefficient (Wildman–Crippen LogP) is 4.28. The highest BCUT2D eigenvalue weighted by atomic mass is 32.1. The zero-order valence-corrected chi connectivity index (χ0v) is 19.7. The van der Waals surface area contributed by atoms with Gasteiger partial charge in [0.05, 0.1) is 36.3 Å². The normalized spacial score (nSPS) is 15.0. The number of anilines is 2. The molecule has 2 amide bonds. The molecule has 3 aromatic rings. The van der Waals surface area contributed by atoms with Gasteiger partial charge >= 0.3 is 0 Å². The molecule has 4 rings (SSSR count). The molecule has 0 radical (unpaired) electrons. The van der Waals surface area contributed by atoms with Crippen molar-refractivity contribution < 1.29 is 23.8 Å². The summed E-state index contributed by atoms with van der Waals surface area (Å²) in [6.45, 7) is 3.65. The number of hydrogen-bond donors (Lipinski definition) is 1. The number of ether oxygens (including phenoxy) is 3. The lowest BCUT2D eigenvalue weighted by molar-refractivity contribution is -0.128. The highest BCUT2D eigenvalue weighted by molar-refractivity contribution is 7.09. The maximum absolute atomic E-state index is 13.1. The summed E-state index contributed by atoms with van der Waals surface area (Å²) in [7, 11) is 3.07. The summed E-state index contributed by atoms with van der Waals surface area (Å²) in [5.74, 6) is 1.02. The fourth-order valence-corrected chi connectivity index (χ4v) is 4.26. The topological polar surface area (TPSA) is 90.0 Å². The number of carbonyl (C=O) groups is 2. The van der Waals surface area contributed by atoms with Crippen LogP contribution in [0.2, 0.25) is 0 Å². The van der Waals surface area contributed by atoms with E-state index in [1.165, 1.54) is 12.0 Å². The third-order valence-corrected chi connectivity index (χ3v) is 6.10. The number of thiazole rings is 1. The number of aryl methyl sites for hydroxylation is 1. The molecular formula is C24H25N3O5S. The van der Waals surface area contributed by atoms with Crippen LogP contribution in [0.5, 0.6) is 17.2 Å². The second-order valence-corrected chi connectivity index (χ2v) is 8.55. The SMILES string of the molecule is CCC1Oc2ccc(-c3csc(C)n3)cc2N(CC(=O)Nc2ccc(OC)cc2OC)C1=O. The van der Waals surface area contributed by atoms with Crippen molar-refractivity contribution in [1.29, 1.82) is 0 Å². The Morgan fingerprint density at radius 3 is 2.70 bits per heavy atom. The summed E-state index contributed by atoms with van der Waals surface area (Å²) in [5, 5.41) is 5.74. The van der Waals surface area contributed by atoms with Gasteiger partial charge in [-0.2, -0.15) is 0 Å². The lowest BCUT2D eigenvalue weighted by Crippen LogP contribution is -2.48. The summed E-state index contributed by atoms with van der Waals surface area (Å²) in [5.41, 5.74) is 2.71. The van der Waals surface area contributed by atoms with E-state index in [0.29, 0.717) is 35.0 Å². The summed E-state index contributed by atoms with van der Waals surface area (Å²) < 4.78 is 16.5. The number of fused-ring (bicyclic) bond motifs is 1. The molecule has 0 saturated heterocycles. The van der Waals surface area contributed by atoms with Gasteiger partial charge < -0.3 is 19.5 Å². The van der Waals surface area contributed by atoms with Gasteiger partial charge in [-0.3, -0.25) is 14.5 Å². The Kier molecular flexibility index (Phi) is 6.50. The summed E-state index contributed by atoms with van der Waals surface area (Å²) in [6, 6.07) is 10.7. The van der Waals surface area contributed by atoms with Gasteiger partial charge in [-0.1, -0.05) is 6.92 Å². The number of amides is 2. The Bertz CT molecular complexity index is 1190. The Morgan fingerprint density at radius 2 is 2.03 bits per heavy atom. The first-order valence-corrected chi connectivity index (χ1v) is 11.4. The summed E-state index contributed by atoms with van der Waals surface area (Å²) in [4.78, 5) is 32.1. The van der Waals surface area contributed by atoms with Crippen molar-refractivity contribution in [1.82, 2.24) is 4.98 Å². The van der Waals surface area contributed by atoms with Crippen molar-refractivity contribution in [3.63, 3.8) is 0 Å². The largest absolute Gasteiger partial charge is 0.497 e. The average molecular weight is 468 g/mol. The average Bonchev–Trinajstić information content (AvgIpc) is 3.26. The Hall–Kier alpha value is -3.59. The number of methoxy groups -OCH3 is 2. The van der Waals surface area contributed by atoms with Gasteiger partial charge in [-0.25, -0.2) is 4.98 Å². The van der Waals surface area contributed by atoms with Gasteiger partial charge in [0.25, 0.3) is 5.91 Å². The van der Waals surface area contributed by atoms with Crippen LogP contribution in [0.1, 0.15) is 18.4 Å². The molecule has 1 N–H and O–H groups in total. The lowest BCUT2D eigenvalue weighted by Gasteiger charge is -2.34. The van der Waals surface area contributed by atoms with Crippen LogP contribution in [0.25, 0.3) is 11.3 Å². The second kappa shape index (κ2) is 9.50. The first-order chi connectivity index (χ1) is 15.9. The van der Waals surface area contributed by atoms with E-state index < -0.39 is 6.10 Å². The molecule has 2 aromatic carbocycles. The van der Waals surface area contributed by atoms with Gasteiger partial charge in [0, 0.05) is 17.0 Å². The lowest BCUT2D eigenvalue weighted by atomic mass is 10.1. The van der Waals surface area contributed by atoms with Crippen molar-refractivity contribution in [2.45, 2.75) is 26.4 Å². The zero-order valence-electron chi connectivity index (χ0n) is 18.9. The van der Waals surface area contributed by atoms with Crippen molar-refractivity contribution in [2.75, 3.05) is 31.0 Å². The van der Waals surface area contributed by atoms with Crippen LogP contribution in [0.15, 0.2) is 41.8 Å². The molecule has 1 atom stereocenters. The number of nitrogens with zero attached hydrogens (tertiary/aromatic N) is 2. The van der Waals surface area contributed by atoms with E-state index in [0.717, 1.165) is 16.3 Å². The quantitative estimate of drug-likeness (QED) is 0.558. The van der Waals surface area contributed by atoms with Crippen LogP contribution in [0.3, 0.4) is 0 Å². The summed E-state index contributed by atoms with van der Waals surface area (Å²) >= 11 is 1.55. The Labute approximate surface area is 196 Å². The molecule has 0 aliphatic carbocycles. The molecule has 0 fully saturated rings. The van der Waals surface area contributed by atoms with Gasteiger partial charge in [-0.15, -0.1) is 11.3 Å². The molecule has 0 saturated carbocycles. The van der Waals surface area contributed by atoms with E-state index in [2.05, 4.69) is 10.3 Å². The Morgan fingerprint density at radius 1 is 1.21 bits per heavy atom. The van der Waals surface area contributed by atoms with E-state index >= 15 is 0 Å². The monoisotopic (exact) mass is 467 g/mol. The minimum atomic E-state index is -0.645. The number of hydrogen-bond acceptors (Lipinski definition) is 7. The standard InChI is InChI=1S/C24H25N3O5S/c1-5-20-24(29)27(12-23(28)26-17-8-7-16(30-3)11-22(17)31-4)19-10-15(6-9-21(19)32-20)18-13-33-14(2)25-18/h6-11,13,20H,5,12H2,1-4H3,(H,26,28). The molecule has 9 heteroatoms. The van der Waals surface area contributed by atoms with Gasteiger partial charge in [0.2, 0.25) is 5.91 Å². The maximum Gasteiger partial charge on any atom is 0.268 e. The molecule has 8 nitrogen and oxygen atoms in total. The molecular weight excluding hydrogens is 442 g/mol.